The molecule has 0 saturated heterocycles. The molecule has 130 valence electrons. The Morgan fingerprint density at radius 1 is 1.04 bits per heavy atom. The van der Waals surface area contributed by atoms with Crippen LogP contribution in [0.1, 0.15) is 13.8 Å². The number of hydrogen-bond donors (Lipinski definition) is 3. The van der Waals surface area contributed by atoms with Crippen LogP contribution in [0.5, 0.6) is 5.75 Å². The van der Waals surface area contributed by atoms with Crippen LogP contribution in [0, 0.1) is 10.1 Å². The number of aromatic nitrogens is 2. The number of hydrogen-bond acceptors (Lipinski definition) is 8. The van der Waals surface area contributed by atoms with Gasteiger partial charge in [-0.05, 0) is 18.2 Å². The number of para-hydroxylation sites is 1. The maximum atomic E-state index is 10.7. The third-order valence-electron chi connectivity index (χ3n) is 2.97. The van der Waals surface area contributed by atoms with Crippen molar-refractivity contribution in [2.45, 2.75) is 13.8 Å². The van der Waals surface area contributed by atoms with Gasteiger partial charge in [0.25, 0.3) is 5.69 Å². The molecule has 0 atom stereocenters. The lowest BCUT2D eigenvalue weighted by atomic mass is 10.2. The molecule has 0 spiro atoms. The zero-order chi connectivity index (χ0) is 18.2. The molecule has 2 aromatic carbocycles. The van der Waals surface area contributed by atoms with E-state index in [1.54, 1.807) is 0 Å². The smallest absolute Gasteiger partial charge is 0.273 e. The molecular formula is C16H17N5O3S. The van der Waals surface area contributed by atoms with Gasteiger partial charge in [0.05, 0.1) is 28.4 Å². The van der Waals surface area contributed by atoms with E-state index in [0.29, 0.717) is 17.3 Å². The SMILES string of the molecule is CC.O=[N+]([O-])c1ccc(Nc2nsnc2Nc2ccccc2)c(O)c1. The van der Waals surface area contributed by atoms with E-state index in [2.05, 4.69) is 19.4 Å². The standard InChI is InChI=1S/C14H11N5O3S.C2H6/c20-12-8-10(19(21)22)6-7-11(12)16-14-13(17-23-18-14)15-9-4-2-1-3-5-9;1-2/h1-8,20H,(H,15,17)(H,16,18);1-2H3. The highest BCUT2D eigenvalue weighted by molar-refractivity contribution is 6.99. The fourth-order valence-corrected chi connectivity index (χ4v) is 2.35. The summed E-state index contributed by atoms with van der Waals surface area (Å²) in [6, 6.07) is 13.2. The zero-order valence-electron chi connectivity index (χ0n) is 13.6. The first-order valence-electron chi connectivity index (χ1n) is 7.52. The Balaban J connectivity index is 0.00000109. The third kappa shape index (κ3) is 4.64. The highest BCUT2D eigenvalue weighted by Crippen LogP contribution is 2.33. The van der Waals surface area contributed by atoms with E-state index >= 15 is 0 Å². The average molecular weight is 359 g/mol. The molecular weight excluding hydrogens is 342 g/mol. The minimum absolute atomic E-state index is 0.188. The Hall–Kier alpha value is -3.20. The van der Waals surface area contributed by atoms with Gasteiger partial charge in [0.15, 0.2) is 11.6 Å². The number of nitro benzene ring substituents is 1. The van der Waals surface area contributed by atoms with Crippen molar-refractivity contribution in [3.63, 3.8) is 0 Å². The number of nitrogens with one attached hydrogen (secondary N) is 2. The van der Waals surface area contributed by atoms with Crippen molar-refractivity contribution >= 4 is 40.4 Å². The number of benzene rings is 2. The predicted octanol–water partition coefficient (Wildman–Crippen LogP) is 4.67. The molecule has 0 radical (unpaired) electrons. The second-order valence-corrected chi connectivity index (χ2v) is 5.06. The highest BCUT2D eigenvalue weighted by Gasteiger charge is 2.14. The monoisotopic (exact) mass is 359 g/mol. The molecule has 1 heterocycles. The van der Waals surface area contributed by atoms with Gasteiger partial charge in [-0.2, -0.15) is 8.75 Å². The number of phenols is 1. The molecule has 0 unspecified atom stereocenters. The van der Waals surface area contributed by atoms with Crippen molar-refractivity contribution in [2.24, 2.45) is 0 Å². The predicted molar refractivity (Wildman–Crippen MR) is 99.0 cm³/mol. The Kier molecular flexibility index (Phi) is 6.24. The summed E-state index contributed by atoms with van der Waals surface area (Å²) in [5.41, 5.74) is 0.961. The van der Waals surface area contributed by atoms with Crippen LogP contribution in [0.25, 0.3) is 0 Å². The summed E-state index contributed by atoms with van der Waals surface area (Å²) in [7, 11) is 0. The van der Waals surface area contributed by atoms with Gasteiger partial charge in [-0.3, -0.25) is 10.1 Å². The molecule has 0 bridgehead atoms. The van der Waals surface area contributed by atoms with Crippen LogP contribution in [0.3, 0.4) is 0 Å². The summed E-state index contributed by atoms with van der Waals surface area (Å²) in [6.45, 7) is 4.00. The number of aromatic hydroxyl groups is 1. The topological polar surface area (TPSA) is 113 Å². The first-order chi connectivity index (χ1) is 12.1. The molecule has 25 heavy (non-hydrogen) atoms. The lowest BCUT2D eigenvalue weighted by Gasteiger charge is -2.08. The lowest BCUT2D eigenvalue weighted by molar-refractivity contribution is -0.384. The first kappa shape index (κ1) is 18.1. The van der Waals surface area contributed by atoms with Crippen LogP contribution in [0.2, 0.25) is 0 Å². The van der Waals surface area contributed by atoms with Crippen LogP contribution >= 0.6 is 11.7 Å². The Morgan fingerprint density at radius 2 is 1.68 bits per heavy atom. The summed E-state index contributed by atoms with van der Waals surface area (Å²) in [6.07, 6.45) is 0. The van der Waals surface area contributed by atoms with Gasteiger partial charge >= 0.3 is 0 Å². The molecule has 1 aromatic heterocycles. The summed E-state index contributed by atoms with van der Waals surface area (Å²) in [5.74, 6) is 0.680. The van der Waals surface area contributed by atoms with Crippen LogP contribution in [0.4, 0.5) is 28.7 Å². The Bertz CT molecular complexity index is 839. The van der Waals surface area contributed by atoms with E-state index in [9.17, 15) is 15.2 Å². The number of rotatable bonds is 5. The molecule has 9 heteroatoms. The van der Waals surface area contributed by atoms with E-state index in [4.69, 9.17) is 0 Å². The molecule has 3 N–H and O–H groups in total. The van der Waals surface area contributed by atoms with Crippen LogP contribution < -0.4 is 10.6 Å². The molecule has 0 aliphatic heterocycles. The maximum Gasteiger partial charge on any atom is 0.273 e. The molecule has 8 nitrogen and oxygen atoms in total. The van der Waals surface area contributed by atoms with Crippen molar-refractivity contribution in [2.75, 3.05) is 10.6 Å². The van der Waals surface area contributed by atoms with Gasteiger partial charge in [-0.15, -0.1) is 0 Å². The van der Waals surface area contributed by atoms with Crippen LogP contribution in [-0.2, 0) is 0 Å². The minimum Gasteiger partial charge on any atom is -0.506 e. The van der Waals surface area contributed by atoms with E-state index < -0.39 is 4.92 Å². The van der Waals surface area contributed by atoms with Crippen LogP contribution in [0.15, 0.2) is 48.5 Å². The normalized spacial score (nSPS) is 9.68. The summed E-state index contributed by atoms with van der Waals surface area (Å²) < 4.78 is 8.27. The number of nitrogens with zero attached hydrogens (tertiary/aromatic N) is 3. The van der Waals surface area contributed by atoms with Crippen molar-refractivity contribution in [3.8, 4) is 5.75 Å². The molecule has 3 aromatic rings. The third-order valence-corrected chi connectivity index (χ3v) is 3.50. The zero-order valence-corrected chi connectivity index (χ0v) is 14.4. The lowest BCUT2D eigenvalue weighted by Crippen LogP contribution is -1.98. The molecule has 0 amide bonds. The van der Waals surface area contributed by atoms with Gasteiger partial charge in [0.2, 0.25) is 0 Å². The fraction of sp³-hybridized carbons (Fsp3) is 0.125. The maximum absolute atomic E-state index is 10.7. The molecule has 0 fully saturated rings. The second-order valence-electron chi connectivity index (χ2n) is 4.54. The molecule has 0 saturated carbocycles. The van der Waals surface area contributed by atoms with E-state index in [0.717, 1.165) is 23.5 Å². The summed E-state index contributed by atoms with van der Waals surface area (Å²) >= 11 is 1.00. The Morgan fingerprint density at radius 3 is 2.28 bits per heavy atom. The number of non-ortho nitro benzene ring substituents is 1. The first-order valence-corrected chi connectivity index (χ1v) is 8.25. The minimum atomic E-state index is -0.573. The van der Waals surface area contributed by atoms with Gasteiger partial charge in [-0.25, -0.2) is 0 Å². The van der Waals surface area contributed by atoms with Crippen LogP contribution in [-0.4, -0.2) is 18.8 Å². The van der Waals surface area contributed by atoms with Gasteiger partial charge in [-0.1, -0.05) is 32.0 Å². The van der Waals surface area contributed by atoms with Gasteiger partial charge in [0, 0.05) is 11.8 Å². The number of anilines is 4. The van der Waals surface area contributed by atoms with Crippen molar-refractivity contribution in [1.29, 1.82) is 0 Å². The van der Waals surface area contributed by atoms with Gasteiger partial charge < -0.3 is 15.7 Å². The molecule has 3 rings (SSSR count). The highest BCUT2D eigenvalue weighted by atomic mass is 32.1. The average Bonchev–Trinajstić information content (AvgIpc) is 3.06. The second kappa shape index (κ2) is 8.60. The number of phenolic OH excluding ortho intramolecular Hbond substituents is 1. The van der Waals surface area contributed by atoms with E-state index in [1.807, 2.05) is 44.2 Å². The van der Waals surface area contributed by atoms with Crippen molar-refractivity contribution < 1.29 is 10.0 Å². The molecule has 0 aliphatic rings. The van der Waals surface area contributed by atoms with Gasteiger partial charge in [0.1, 0.15) is 5.75 Å². The number of nitro groups is 1. The quantitative estimate of drug-likeness (QED) is 0.345. The van der Waals surface area contributed by atoms with E-state index in [-0.39, 0.29) is 11.4 Å². The van der Waals surface area contributed by atoms with Crippen molar-refractivity contribution in [1.82, 2.24) is 8.75 Å². The largest absolute Gasteiger partial charge is 0.506 e. The van der Waals surface area contributed by atoms with E-state index in [1.165, 1.54) is 12.1 Å². The summed E-state index contributed by atoms with van der Waals surface area (Å²) in [4.78, 5) is 10.1. The molecule has 0 aliphatic carbocycles. The summed E-state index contributed by atoms with van der Waals surface area (Å²) in [5, 5.41) is 26.6. The van der Waals surface area contributed by atoms with Crippen molar-refractivity contribution in [3.05, 3.63) is 58.6 Å². The Labute approximate surface area is 148 Å². The fourth-order valence-electron chi connectivity index (χ4n) is 1.88.